The zero-order chi connectivity index (χ0) is 26.5. The van der Waals surface area contributed by atoms with Crippen molar-refractivity contribution in [3.05, 3.63) is 0 Å². The van der Waals surface area contributed by atoms with Crippen LogP contribution in [0.3, 0.4) is 0 Å². The van der Waals surface area contributed by atoms with Gasteiger partial charge in [-0.15, -0.1) is 0 Å². The van der Waals surface area contributed by atoms with Crippen LogP contribution in [-0.4, -0.2) is 117 Å². The van der Waals surface area contributed by atoms with E-state index in [1.807, 2.05) is 0 Å². The molecule has 0 aromatic carbocycles. The number of aliphatic hydroxyl groups is 6. The highest BCUT2D eigenvalue weighted by atomic mass is 16.8. The molecule has 2 rings (SSSR count). The molecule has 2 saturated heterocycles. The van der Waals surface area contributed by atoms with Crippen molar-refractivity contribution >= 4 is 11.9 Å². The Morgan fingerprint density at radius 3 is 1.86 bits per heavy atom. The standard InChI is InChI=1S/C22H38O13/c1-10(2)5-14(26)32-19-13(8-24)31-21(18(30)17(19)29)35-22(9-25)20(16(28)12(7-23)34-22)33-15(27)6-11(3)4/h10-13,16-21,23-25,28-30H,5-9H2,1-4H3/t12-,13-,16-,17-,18-,19-,20+,21-,22+/m1/s1. The number of aliphatic hydroxyl groups excluding tert-OH is 6. The first-order chi connectivity index (χ1) is 16.4. The van der Waals surface area contributed by atoms with Crippen LogP contribution in [0.2, 0.25) is 0 Å². The van der Waals surface area contributed by atoms with Crippen LogP contribution in [0.5, 0.6) is 0 Å². The van der Waals surface area contributed by atoms with Gasteiger partial charge in [-0.2, -0.15) is 0 Å². The summed E-state index contributed by atoms with van der Waals surface area (Å²) in [5.74, 6) is -3.81. The first kappa shape index (κ1) is 29.8. The molecule has 204 valence electrons. The van der Waals surface area contributed by atoms with Gasteiger partial charge in [0.1, 0.15) is 37.1 Å². The Morgan fingerprint density at radius 1 is 0.829 bits per heavy atom. The quantitative estimate of drug-likeness (QED) is 0.164. The molecule has 2 fully saturated rings. The monoisotopic (exact) mass is 510 g/mol. The minimum atomic E-state index is -2.29. The number of esters is 2. The van der Waals surface area contributed by atoms with Crippen LogP contribution in [0.25, 0.3) is 0 Å². The van der Waals surface area contributed by atoms with Crippen molar-refractivity contribution in [2.24, 2.45) is 11.8 Å². The van der Waals surface area contributed by atoms with Crippen LogP contribution < -0.4 is 0 Å². The van der Waals surface area contributed by atoms with Gasteiger partial charge in [0.25, 0.3) is 0 Å². The predicted molar refractivity (Wildman–Crippen MR) is 115 cm³/mol. The van der Waals surface area contributed by atoms with Gasteiger partial charge in [0.05, 0.1) is 13.2 Å². The van der Waals surface area contributed by atoms with Crippen molar-refractivity contribution < 1.29 is 63.9 Å². The maximum absolute atomic E-state index is 12.3. The summed E-state index contributed by atoms with van der Waals surface area (Å²) in [5.41, 5.74) is 0. The lowest BCUT2D eigenvalue weighted by Gasteiger charge is -2.44. The molecule has 0 aromatic rings. The highest BCUT2D eigenvalue weighted by molar-refractivity contribution is 5.70. The fourth-order valence-corrected chi connectivity index (χ4v) is 3.96. The third-order valence-electron chi connectivity index (χ3n) is 5.69. The average Bonchev–Trinajstić information content (AvgIpc) is 3.03. The van der Waals surface area contributed by atoms with Gasteiger partial charge in [-0.3, -0.25) is 9.59 Å². The number of hydrogen-bond acceptors (Lipinski definition) is 13. The smallest absolute Gasteiger partial charge is 0.306 e. The number of rotatable bonds is 11. The Balaban J connectivity index is 2.25. The Kier molecular flexibility index (Phi) is 10.8. The molecule has 0 unspecified atom stereocenters. The number of carbonyl (C=O) groups is 2. The molecule has 35 heavy (non-hydrogen) atoms. The molecule has 0 radical (unpaired) electrons. The topological polar surface area (TPSA) is 202 Å². The van der Waals surface area contributed by atoms with Gasteiger partial charge in [0.15, 0.2) is 18.5 Å². The van der Waals surface area contributed by atoms with E-state index in [4.69, 9.17) is 23.7 Å². The van der Waals surface area contributed by atoms with Crippen LogP contribution in [0.4, 0.5) is 0 Å². The van der Waals surface area contributed by atoms with E-state index in [0.29, 0.717) is 0 Å². The molecule has 0 spiro atoms. The Morgan fingerprint density at radius 2 is 1.37 bits per heavy atom. The lowest BCUT2D eigenvalue weighted by molar-refractivity contribution is -0.384. The molecule has 6 N–H and O–H groups in total. The molecule has 0 bridgehead atoms. The van der Waals surface area contributed by atoms with E-state index in [9.17, 15) is 40.2 Å². The van der Waals surface area contributed by atoms with Crippen molar-refractivity contribution in [2.45, 2.75) is 95.3 Å². The second-order valence-corrected chi connectivity index (χ2v) is 9.68. The third-order valence-corrected chi connectivity index (χ3v) is 5.69. The van der Waals surface area contributed by atoms with E-state index < -0.39 is 86.6 Å². The fourth-order valence-electron chi connectivity index (χ4n) is 3.96. The average molecular weight is 511 g/mol. The molecule has 13 heteroatoms. The number of hydrogen-bond donors (Lipinski definition) is 6. The molecule has 0 saturated carbocycles. The van der Waals surface area contributed by atoms with Crippen LogP contribution >= 0.6 is 0 Å². The Bertz CT molecular complexity index is 699. The van der Waals surface area contributed by atoms with E-state index in [1.165, 1.54) is 0 Å². The molecule has 2 heterocycles. The number of ether oxygens (including phenoxy) is 5. The molecule has 13 nitrogen and oxygen atoms in total. The van der Waals surface area contributed by atoms with Crippen LogP contribution in [-0.2, 0) is 33.3 Å². The van der Waals surface area contributed by atoms with E-state index in [2.05, 4.69) is 0 Å². The van der Waals surface area contributed by atoms with Gasteiger partial charge in [0, 0.05) is 12.8 Å². The van der Waals surface area contributed by atoms with Gasteiger partial charge in [0.2, 0.25) is 5.79 Å². The van der Waals surface area contributed by atoms with Gasteiger partial charge >= 0.3 is 11.9 Å². The van der Waals surface area contributed by atoms with Gasteiger partial charge in [-0.1, -0.05) is 27.7 Å². The van der Waals surface area contributed by atoms with E-state index in [1.54, 1.807) is 27.7 Å². The molecule has 0 aliphatic carbocycles. The highest BCUT2D eigenvalue weighted by Gasteiger charge is 2.61. The lowest BCUT2D eigenvalue weighted by Crippen LogP contribution is -2.63. The predicted octanol–water partition coefficient (Wildman–Crippen LogP) is -2.20. The Labute approximate surface area is 203 Å². The lowest BCUT2D eigenvalue weighted by atomic mass is 9.98. The summed E-state index contributed by atoms with van der Waals surface area (Å²) in [5, 5.41) is 61.2. The van der Waals surface area contributed by atoms with Crippen molar-refractivity contribution in [3.8, 4) is 0 Å². The first-order valence-corrected chi connectivity index (χ1v) is 11.7. The van der Waals surface area contributed by atoms with Crippen LogP contribution in [0, 0.1) is 11.8 Å². The van der Waals surface area contributed by atoms with Crippen molar-refractivity contribution in [1.29, 1.82) is 0 Å². The molecule has 9 atom stereocenters. The normalized spacial score (nSPS) is 37.6. The maximum atomic E-state index is 12.3. The summed E-state index contributed by atoms with van der Waals surface area (Å²) in [4.78, 5) is 24.4. The van der Waals surface area contributed by atoms with Gasteiger partial charge in [-0.25, -0.2) is 0 Å². The molecular formula is C22H38O13. The van der Waals surface area contributed by atoms with Gasteiger partial charge in [-0.05, 0) is 11.8 Å². The second-order valence-electron chi connectivity index (χ2n) is 9.68. The molecule has 0 aromatic heterocycles. The summed E-state index contributed by atoms with van der Waals surface area (Å²) in [6.45, 7) is 4.65. The van der Waals surface area contributed by atoms with E-state index in [0.717, 1.165) is 0 Å². The molecule has 2 aliphatic heterocycles. The summed E-state index contributed by atoms with van der Waals surface area (Å²) in [6, 6.07) is 0. The van der Waals surface area contributed by atoms with Crippen LogP contribution in [0.15, 0.2) is 0 Å². The zero-order valence-electron chi connectivity index (χ0n) is 20.4. The first-order valence-electron chi connectivity index (χ1n) is 11.7. The highest BCUT2D eigenvalue weighted by Crippen LogP contribution is 2.38. The van der Waals surface area contributed by atoms with Gasteiger partial charge < -0.3 is 54.3 Å². The van der Waals surface area contributed by atoms with Crippen molar-refractivity contribution in [2.75, 3.05) is 19.8 Å². The molecular weight excluding hydrogens is 472 g/mol. The summed E-state index contributed by atoms with van der Waals surface area (Å²) in [7, 11) is 0. The summed E-state index contributed by atoms with van der Waals surface area (Å²) >= 11 is 0. The molecule has 0 amide bonds. The van der Waals surface area contributed by atoms with E-state index >= 15 is 0 Å². The zero-order valence-corrected chi connectivity index (χ0v) is 20.4. The molecule has 2 aliphatic rings. The second kappa shape index (κ2) is 12.7. The van der Waals surface area contributed by atoms with E-state index in [-0.39, 0.29) is 24.7 Å². The van der Waals surface area contributed by atoms with Crippen molar-refractivity contribution in [3.63, 3.8) is 0 Å². The summed E-state index contributed by atoms with van der Waals surface area (Å²) in [6.07, 6.45) is -12.7. The minimum absolute atomic E-state index is 0.0220. The Hall–Kier alpha value is -1.42. The number of carbonyl (C=O) groups excluding carboxylic acids is 2. The SMILES string of the molecule is CC(C)CC(=O)O[C@H]1[C@H](O)[C@@H](O)[C@@H](O[C@]2(CO)O[C@H](CO)[C@@H](O)[C@@H]2OC(=O)CC(C)C)O[C@@H]1CO. The summed E-state index contributed by atoms with van der Waals surface area (Å²) < 4.78 is 27.2. The fraction of sp³-hybridized carbons (Fsp3) is 0.909. The maximum Gasteiger partial charge on any atom is 0.306 e. The van der Waals surface area contributed by atoms with Crippen molar-refractivity contribution in [1.82, 2.24) is 0 Å². The van der Waals surface area contributed by atoms with Crippen LogP contribution in [0.1, 0.15) is 40.5 Å². The largest absolute Gasteiger partial charge is 0.457 e. The third kappa shape index (κ3) is 7.08. The minimum Gasteiger partial charge on any atom is -0.457 e.